The van der Waals surface area contributed by atoms with Crippen molar-refractivity contribution in [1.82, 2.24) is 0 Å². The average Bonchev–Trinajstić information content (AvgIpc) is 2.58. The topological polar surface area (TPSA) is 54.0 Å². The van der Waals surface area contributed by atoms with Crippen molar-refractivity contribution in [2.75, 3.05) is 19.8 Å². The first-order valence-electron chi connectivity index (χ1n) is 9.47. The van der Waals surface area contributed by atoms with E-state index in [1.54, 1.807) is 13.8 Å². The Morgan fingerprint density at radius 1 is 1.04 bits per heavy atom. The molecule has 0 aliphatic carbocycles. The summed E-state index contributed by atoms with van der Waals surface area (Å²) in [6.07, 6.45) is 3.59. The molecule has 1 aromatic carbocycles. The summed E-state index contributed by atoms with van der Waals surface area (Å²) >= 11 is 0. The van der Waals surface area contributed by atoms with Crippen molar-refractivity contribution in [3.05, 3.63) is 48.0 Å². The van der Waals surface area contributed by atoms with Crippen LogP contribution >= 0.6 is 7.82 Å². The van der Waals surface area contributed by atoms with E-state index < -0.39 is 16.1 Å². The molecule has 0 radical (unpaired) electrons. The van der Waals surface area contributed by atoms with Gasteiger partial charge in [0.05, 0.1) is 25.9 Å². The molecule has 1 aromatic rings. The first-order valence-corrected chi connectivity index (χ1v) is 13.8. The van der Waals surface area contributed by atoms with Crippen LogP contribution in [0.25, 0.3) is 0 Å². The minimum Gasteiger partial charge on any atom is -0.407 e. The van der Waals surface area contributed by atoms with Gasteiger partial charge in [0, 0.05) is 0 Å². The Morgan fingerprint density at radius 3 is 2.07 bits per heavy atom. The summed E-state index contributed by atoms with van der Waals surface area (Å²) in [6.45, 7) is 15.3. The highest BCUT2D eigenvalue weighted by Gasteiger charge is 2.39. The molecule has 0 saturated heterocycles. The molecule has 0 aliphatic rings. The van der Waals surface area contributed by atoms with Crippen LogP contribution in [0, 0.1) is 0 Å². The molecule has 0 saturated carbocycles. The van der Waals surface area contributed by atoms with E-state index in [1.165, 1.54) is 0 Å². The fourth-order valence-electron chi connectivity index (χ4n) is 2.10. The zero-order chi connectivity index (χ0) is 20.6. The van der Waals surface area contributed by atoms with Crippen LogP contribution in [0.3, 0.4) is 0 Å². The molecule has 1 atom stereocenters. The van der Waals surface area contributed by atoms with Crippen LogP contribution in [0.2, 0.25) is 18.1 Å². The van der Waals surface area contributed by atoms with E-state index in [-0.39, 0.29) is 31.0 Å². The second-order valence-corrected chi connectivity index (χ2v) is 14.1. The van der Waals surface area contributed by atoms with Crippen molar-refractivity contribution >= 4 is 16.1 Å². The third-order valence-corrected chi connectivity index (χ3v) is 10.6. The van der Waals surface area contributed by atoms with E-state index in [0.717, 1.165) is 5.56 Å². The highest BCUT2D eigenvalue weighted by atomic mass is 31.2. The summed E-state index contributed by atoms with van der Waals surface area (Å²) in [5.74, 6) is 0. The van der Waals surface area contributed by atoms with Crippen molar-refractivity contribution < 1.29 is 22.6 Å². The lowest BCUT2D eigenvalue weighted by Gasteiger charge is -2.38. The quantitative estimate of drug-likeness (QED) is 0.235. The van der Waals surface area contributed by atoms with Crippen LogP contribution in [0.15, 0.2) is 42.5 Å². The monoisotopic (exact) mass is 414 g/mol. The first kappa shape index (κ1) is 24.3. The molecule has 0 bridgehead atoms. The Bertz CT molecular complexity index is 615. The summed E-state index contributed by atoms with van der Waals surface area (Å²) in [4.78, 5) is 0. The van der Waals surface area contributed by atoms with Crippen LogP contribution < -0.4 is 0 Å². The van der Waals surface area contributed by atoms with Gasteiger partial charge in [-0.1, -0.05) is 63.3 Å². The Morgan fingerprint density at radius 2 is 1.59 bits per heavy atom. The third kappa shape index (κ3) is 8.02. The lowest BCUT2D eigenvalue weighted by atomic mass is 10.1. The van der Waals surface area contributed by atoms with E-state index in [9.17, 15) is 4.57 Å². The van der Waals surface area contributed by atoms with E-state index in [2.05, 4.69) is 33.9 Å². The molecule has 7 heteroatoms. The lowest BCUT2D eigenvalue weighted by molar-refractivity contribution is 0.130. The maximum absolute atomic E-state index is 12.4. The molecule has 0 spiro atoms. The molecule has 27 heavy (non-hydrogen) atoms. The normalized spacial score (nSPS) is 14.6. The van der Waals surface area contributed by atoms with Gasteiger partial charge in [-0.15, -0.1) is 0 Å². The van der Waals surface area contributed by atoms with Gasteiger partial charge in [0.25, 0.3) is 0 Å². The zero-order valence-corrected chi connectivity index (χ0v) is 19.6. The van der Waals surface area contributed by atoms with Crippen molar-refractivity contribution in [3.8, 4) is 0 Å². The second kappa shape index (κ2) is 10.7. The molecular weight excluding hydrogens is 379 g/mol. The van der Waals surface area contributed by atoms with E-state index in [0.29, 0.717) is 0 Å². The molecule has 0 N–H and O–H groups in total. The summed E-state index contributed by atoms with van der Waals surface area (Å²) in [7, 11) is -5.47. The molecule has 0 amide bonds. The predicted molar refractivity (Wildman–Crippen MR) is 113 cm³/mol. The van der Waals surface area contributed by atoms with Crippen LogP contribution in [0.4, 0.5) is 0 Å². The number of rotatable bonds is 11. The number of phosphoric acid groups is 1. The summed E-state index contributed by atoms with van der Waals surface area (Å²) in [6, 6.07) is 10.1. The summed E-state index contributed by atoms with van der Waals surface area (Å²) in [5, 5.41) is 0.101. The third-order valence-electron chi connectivity index (χ3n) is 4.57. The van der Waals surface area contributed by atoms with Crippen LogP contribution in [0.5, 0.6) is 0 Å². The van der Waals surface area contributed by atoms with Crippen LogP contribution in [-0.2, 0) is 22.6 Å². The van der Waals surface area contributed by atoms with Crippen molar-refractivity contribution in [2.24, 2.45) is 0 Å². The largest absolute Gasteiger partial charge is 0.475 e. The SMILES string of the molecule is CCOP(=O)(OCC)OC/C=C/[C@H](O[Si](C)(C)C(C)(C)C)c1ccccc1. The fourth-order valence-corrected chi connectivity index (χ4v) is 4.42. The molecule has 0 aromatic heterocycles. The molecule has 5 nitrogen and oxygen atoms in total. The minimum absolute atomic E-state index is 0.101. The second-order valence-electron chi connectivity index (χ2n) is 7.72. The maximum atomic E-state index is 12.4. The zero-order valence-electron chi connectivity index (χ0n) is 17.7. The molecule has 1 rings (SSSR count). The molecule has 0 aliphatic heterocycles. The average molecular weight is 415 g/mol. The fraction of sp³-hybridized carbons (Fsp3) is 0.600. The van der Waals surface area contributed by atoms with Gasteiger partial charge in [0.1, 0.15) is 0 Å². The van der Waals surface area contributed by atoms with Crippen molar-refractivity contribution in [3.63, 3.8) is 0 Å². The Balaban J connectivity index is 2.89. The van der Waals surface area contributed by atoms with Crippen LogP contribution in [-0.4, -0.2) is 28.1 Å². The van der Waals surface area contributed by atoms with Gasteiger partial charge in [-0.3, -0.25) is 13.6 Å². The Labute approximate surface area is 165 Å². The Hall–Kier alpha value is -0.753. The minimum atomic E-state index is -3.50. The van der Waals surface area contributed by atoms with Crippen molar-refractivity contribution in [1.29, 1.82) is 0 Å². The number of benzene rings is 1. The molecule has 0 heterocycles. The highest BCUT2D eigenvalue weighted by molar-refractivity contribution is 7.48. The first-order chi connectivity index (χ1) is 12.5. The molecular formula is C20H35O5PSi. The number of hydrogen-bond acceptors (Lipinski definition) is 5. The van der Waals surface area contributed by atoms with E-state index in [4.69, 9.17) is 18.0 Å². The van der Waals surface area contributed by atoms with E-state index >= 15 is 0 Å². The molecule has 0 unspecified atom stereocenters. The maximum Gasteiger partial charge on any atom is 0.475 e. The highest BCUT2D eigenvalue weighted by Crippen LogP contribution is 2.49. The smallest absolute Gasteiger partial charge is 0.407 e. The van der Waals surface area contributed by atoms with Gasteiger partial charge >= 0.3 is 7.82 Å². The molecule has 0 fully saturated rings. The van der Waals surface area contributed by atoms with Gasteiger partial charge in [-0.05, 0) is 37.5 Å². The van der Waals surface area contributed by atoms with Gasteiger partial charge in [-0.25, -0.2) is 4.57 Å². The van der Waals surface area contributed by atoms with Gasteiger partial charge in [-0.2, -0.15) is 0 Å². The summed E-state index contributed by atoms with van der Waals surface area (Å²) < 4.78 is 34.6. The Kier molecular flexibility index (Phi) is 9.62. The van der Waals surface area contributed by atoms with Crippen molar-refractivity contribution in [2.45, 2.75) is 58.9 Å². The lowest BCUT2D eigenvalue weighted by Crippen LogP contribution is -2.41. The van der Waals surface area contributed by atoms with Crippen LogP contribution in [0.1, 0.15) is 46.3 Å². The van der Waals surface area contributed by atoms with Gasteiger partial charge in [0.15, 0.2) is 8.32 Å². The standard InChI is InChI=1S/C20H35O5PSi/c1-8-22-26(21,23-9-2)24-17-13-16-19(18-14-11-10-12-15-18)25-27(6,7)20(3,4)5/h10-16,19H,8-9,17H2,1-7H3/b16-13+/t19-/m0/s1. The van der Waals surface area contributed by atoms with E-state index in [1.807, 2.05) is 42.5 Å². The number of phosphoric ester groups is 1. The van der Waals surface area contributed by atoms with Gasteiger partial charge < -0.3 is 4.43 Å². The molecule has 154 valence electrons. The summed E-state index contributed by atoms with van der Waals surface area (Å²) in [5.41, 5.74) is 1.08. The number of hydrogen-bond donors (Lipinski definition) is 0. The predicted octanol–water partition coefficient (Wildman–Crippen LogP) is 6.50. The van der Waals surface area contributed by atoms with Gasteiger partial charge in [0.2, 0.25) is 0 Å².